The Morgan fingerprint density at radius 2 is 1.81 bits per heavy atom. The van der Waals surface area contributed by atoms with E-state index in [-0.39, 0.29) is 17.7 Å². The van der Waals surface area contributed by atoms with Gasteiger partial charge in [0, 0.05) is 49.9 Å². The summed E-state index contributed by atoms with van der Waals surface area (Å²) in [5.74, 6) is 0.730. The van der Waals surface area contributed by atoms with Crippen LogP contribution in [0.3, 0.4) is 0 Å². The lowest BCUT2D eigenvalue weighted by Crippen LogP contribution is -2.40. The van der Waals surface area contributed by atoms with E-state index in [0.29, 0.717) is 12.5 Å². The van der Waals surface area contributed by atoms with Gasteiger partial charge in [-0.05, 0) is 42.5 Å². The van der Waals surface area contributed by atoms with E-state index in [2.05, 4.69) is 10.2 Å². The quantitative estimate of drug-likeness (QED) is 0.782. The molecule has 0 unspecified atom stereocenters. The van der Waals surface area contributed by atoms with Crippen LogP contribution in [0.4, 0.5) is 11.4 Å². The van der Waals surface area contributed by atoms with Gasteiger partial charge in [-0.3, -0.25) is 9.59 Å². The van der Waals surface area contributed by atoms with Gasteiger partial charge in [0.1, 0.15) is 0 Å². The third-order valence-corrected chi connectivity index (χ3v) is 4.82. The Morgan fingerprint density at radius 1 is 1.19 bits per heavy atom. The van der Waals surface area contributed by atoms with Gasteiger partial charge in [-0.1, -0.05) is 34.6 Å². The highest BCUT2D eigenvalue weighted by molar-refractivity contribution is 5.92. The summed E-state index contributed by atoms with van der Waals surface area (Å²) in [6, 6.07) is 5.95. The zero-order chi connectivity index (χ0) is 20.4. The molecule has 0 radical (unpaired) electrons. The smallest absolute Gasteiger partial charge is 0.228 e. The van der Waals surface area contributed by atoms with Gasteiger partial charge in [0.15, 0.2) is 0 Å². The molecule has 1 aromatic rings. The summed E-state index contributed by atoms with van der Waals surface area (Å²) in [5, 5.41) is 2.97. The molecule has 1 N–H and O–H groups in total. The summed E-state index contributed by atoms with van der Waals surface area (Å²) in [6.07, 6.45) is 2.41. The first kappa shape index (κ1) is 21.3. The molecule has 0 aromatic heterocycles. The van der Waals surface area contributed by atoms with Crippen LogP contribution in [0.15, 0.2) is 18.2 Å². The molecule has 1 aliphatic carbocycles. The third kappa shape index (κ3) is 5.98. The summed E-state index contributed by atoms with van der Waals surface area (Å²) in [7, 11) is 4.00. The molecule has 5 nitrogen and oxygen atoms in total. The SMILES string of the molecule is CC(C)C(=O)Nc1ccc(N(C)C)c(CN(CC2CC2)C(=O)C(C)(C)C)c1. The topological polar surface area (TPSA) is 52.7 Å². The highest BCUT2D eigenvalue weighted by Gasteiger charge is 2.32. The molecule has 0 heterocycles. The van der Waals surface area contributed by atoms with Gasteiger partial charge >= 0.3 is 0 Å². The molecule has 2 amide bonds. The number of carbonyl (C=O) groups is 2. The van der Waals surface area contributed by atoms with Crippen molar-refractivity contribution in [2.75, 3.05) is 30.9 Å². The first-order valence-electron chi connectivity index (χ1n) is 9.89. The van der Waals surface area contributed by atoms with E-state index < -0.39 is 5.41 Å². The molecular formula is C22H35N3O2. The van der Waals surface area contributed by atoms with Gasteiger partial charge in [0.2, 0.25) is 11.8 Å². The molecule has 1 fully saturated rings. The lowest BCUT2D eigenvalue weighted by molar-refractivity contribution is -0.140. The number of carbonyl (C=O) groups excluding carboxylic acids is 2. The maximum atomic E-state index is 13.0. The molecule has 150 valence electrons. The minimum atomic E-state index is -0.406. The fourth-order valence-electron chi connectivity index (χ4n) is 3.02. The highest BCUT2D eigenvalue weighted by atomic mass is 16.2. The number of benzene rings is 1. The zero-order valence-corrected chi connectivity index (χ0v) is 17.9. The summed E-state index contributed by atoms with van der Waals surface area (Å²) in [4.78, 5) is 29.1. The molecule has 1 aliphatic rings. The maximum Gasteiger partial charge on any atom is 0.228 e. The molecule has 0 bridgehead atoms. The van der Waals surface area contributed by atoms with Crippen molar-refractivity contribution in [1.29, 1.82) is 0 Å². The molecule has 0 aliphatic heterocycles. The van der Waals surface area contributed by atoms with Crippen molar-refractivity contribution >= 4 is 23.2 Å². The Bertz CT molecular complexity index is 685. The Kier molecular flexibility index (Phi) is 6.55. The second kappa shape index (κ2) is 8.32. The van der Waals surface area contributed by atoms with Crippen LogP contribution in [0.1, 0.15) is 53.0 Å². The molecule has 2 rings (SSSR count). The van der Waals surface area contributed by atoms with Crippen LogP contribution in [-0.4, -0.2) is 37.4 Å². The van der Waals surface area contributed by atoms with Crippen LogP contribution >= 0.6 is 0 Å². The molecule has 5 heteroatoms. The van der Waals surface area contributed by atoms with E-state index in [1.165, 1.54) is 12.8 Å². The van der Waals surface area contributed by atoms with E-state index in [9.17, 15) is 9.59 Å². The average Bonchev–Trinajstić information content (AvgIpc) is 3.36. The first-order chi connectivity index (χ1) is 12.5. The minimum Gasteiger partial charge on any atom is -0.377 e. The third-order valence-electron chi connectivity index (χ3n) is 4.82. The van der Waals surface area contributed by atoms with Gasteiger partial charge in [0.25, 0.3) is 0 Å². The number of hydrogen-bond donors (Lipinski definition) is 1. The van der Waals surface area contributed by atoms with Crippen molar-refractivity contribution in [3.63, 3.8) is 0 Å². The fourth-order valence-corrected chi connectivity index (χ4v) is 3.02. The number of amides is 2. The molecule has 1 aromatic carbocycles. The van der Waals surface area contributed by atoms with E-state index in [4.69, 9.17) is 0 Å². The standard InChI is InChI=1S/C22H35N3O2/c1-15(2)20(26)23-18-10-11-19(24(6)7)17(12-18)14-25(13-16-8-9-16)21(27)22(3,4)5/h10-12,15-16H,8-9,13-14H2,1-7H3,(H,23,26). The van der Waals surface area contributed by atoms with Gasteiger partial charge in [-0.25, -0.2) is 0 Å². The zero-order valence-electron chi connectivity index (χ0n) is 17.9. The fraction of sp³-hybridized carbons (Fsp3) is 0.636. The summed E-state index contributed by atoms with van der Waals surface area (Å²) < 4.78 is 0. The van der Waals surface area contributed by atoms with Crippen LogP contribution in [0.25, 0.3) is 0 Å². The van der Waals surface area contributed by atoms with Gasteiger partial charge in [-0.15, -0.1) is 0 Å². The van der Waals surface area contributed by atoms with Crippen LogP contribution in [-0.2, 0) is 16.1 Å². The number of hydrogen-bond acceptors (Lipinski definition) is 3. The van der Waals surface area contributed by atoms with E-state index in [0.717, 1.165) is 23.5 Å². The molecule has 1 saturated carbocycles. The van der Waals surface area contributed by atoms with Gasteiger partial charge in [0.05, 0.1) is 0 Å². The van der Waals surface area contributed by atoms with E-state index in [1.807, 2.05) is 71.8 Å². The largest absolute Gasteiger partial charge is 0.377 e. The van der Waals surface area contributed by atoms with Crippen molar-refractivity contribution in [2.45, 2.75) is 54.0 Å². The molecule has 0 spiro atoms. The predicted molar refractivity (Wildman–Crippen MR) is 112 cm³/mol. The Hall–Kier alpha value is -2.04. The van der Waals surface area contributed by atoms with Crippen molar-refractivity contribution < 1.29 is 9.59 Å². The van der Waals surface area contributed by atoms with Crippen molar-refractivity contribution in [1.82, 2.24) is 4.90 Å². The molecule has 0 atom stereocenters. The Morgan fingerprint density at radius 3 is 2.30 bits per heavy atom. The Labute approximate surface area is 164 Å². The molecular weight excluding hydrogens is 338 g/mol. The van der Waals surface area contributed by atoms with E-state index >= 15 is 0 Å². The minimum absolute atomic E-state index is 0.000780. The lowest BCUT2D eigenvalue weighted by atomic mass is 9.94. The number of anilines is 2. The van der Waals surface area contributed by atoms with Crippen molar-refractivity contribution in [2.24, 2.45) is 17.3 Å². The first-order valence-corrected chi connectivity index (χ1v) is 9.89. The number of rotatable bonds is 7. The van der Waals surface area contributed by atoms with E-state index in [1.54, 1.807) is 0 Å². The molecule has 0 saturated heterocycles. The average molecular weight is 374 g/mol. The van der Waals surface area contributed by atoms with Crippen molar-refractivity contribution in [3.8, 4) is 0 Å². The predicted octanol–water partition coefficient (Wildman–Crippen LogP) is 4.13. The van der Waals surface area contributed by atoms with Gasteiger partial charge < -0.3 is 15.1 Å². The normalized spacial score (nSPS) is 14.2. The summed E-state index contributed by atoms with van der Waals surface area (Å²) >= 11 is 0. The summed E-state index contributed by atoms with van der Waals surface area (Å²) in [5.41, 5.74) is 2.50. The van der Waals surface area contributed by atoms with Crippen LogP contribution in [0.5, 0.6) is 0 Å². The van der Waals surface area contributed by atoms with Crippen LogP contribution in [0, 0.1) is 17.3 Å². The molecule has 27 heavy (non-hydrogen) atoms. The van der Waals surface area contributed by atoms with Crippen LogP contribution < -0.4 is 10.2 Å². The highest BCUT2D eigenvalue weighted by Crippen LogP contribution is 2.33. The second-order valence-electron chi connectivity index (χ2n) is 9.26. The summed E-state index contributed by atoms with van der Waals surface area (Å²) in [6.45, 7) is 11.1. The number of nitrogens with one attached hydrogen (secondary N) is 1. The van der Waals surface area contributed by atoms with Gasteiger partial charge in [-0.2, -0.15) is 0 Å². The lowest BCUT2D eigenvalue weighted by Gasteiger charge is -2.31. The monoisotopic (exact) mass is 373 g/mol. The maximum absolute atomic E-state index is 13.0. The number of nitrogens with zero attached hydrogens (tertiary/aromatic N) is 2. The Balaban J connectivity index is 2.30. The van der Waals surface area contributed by atoms with Crippen molar-refractivity contribution in [3.05, 3.63) is 23.8 Å². The second-order valence-corrected chi connectivity index (χ2v) is 9.26. The van der Waals surface area contributed by atoms with Crippen LogP contribution in [0.2, 0.25) is 0 Å².